The van der Waals surface area contributed by atoms with Crippen LogP contribution in [-0.4, -0.2) is 96.2 Å². The summed E-state index contributed by atoms with van der Waals surface area (Å²) in [5, 5.41) is 0. The second-order valence-corrected chi connectivity index (χ2v) is 16.1. The number of esters is 1. The van der Waals surface area contributed by atoms with E-state index in [1.165, 1.54) is 12.7 Å². The van der Waals surface area contributed by atoms with Gasteiger partial charge in [-0.1, -0.05) is 53.2 Å². The molecule has 0 unspecified atom stereocenters. The molecule has 0 spiro atoms. The predicted octanol–water partition coefficient (Wildman–Crippen LogP) is 7.62. The quantitative estimate of drug-likeness (QED) is 0.107. The molecule has 6 aromatic rings. The van der Waals surface area contributed by atoms with Crippen LogP contribution in [0.1, 0.15) is 77.9 Å². The van der Waals surface area contributed by atoms with Gasteiger partial charge in [0.2, 0.25) is 0 Å². The third-order valence-corrected chi connectivity index (χ3v) is 10.9. The molecule has 3 aromatic heterocycles. The van der Waals surface area contributed by atoms with E-state index in [2.05, 4.69) is 93.5 Å². The third kappa shape index (κ3) is 13.9. The van der Waals surface area contributed by atoms with Crippen molar-refractivity contribution in [1.82, 2.24) is 29.7 Å². The van der Waals surface area contributed by atoms with E-state index in [1.54, 1.807) is 20.3 Å². The number of ether oxygens (including phenoxy) is 3. The van der Waals surface area contributed by atoms with Gasteiger partial charge in [0.15, 0.2) is 0 Å². The van der Waals surface area contributed by atoms with Crippen LogP contribution in [0.3, 0.4) is 0 Å². The van der Waals surface area contributed by atoms with Crippen LogP contribution in [0.15, 0.2) is 109 Å². The van der Waals surface area contributed by atoms with Gasteiger partial charge in [-0.25, -0.2) is 9.78 Å². The number of hydrogen-bond acceptors (Lipinski definition) is 10. The molecule has 0 N–H and O–H groups in total. The highest BCUT2D eigenvalue weighted by Gasteiger charge is 2.20. The van der Waals surface area contributed by atoms with Crippen molar-refractivity contribution in [3.8, 4) is 47.0 Å². The molecule has 0 aliphatic carbocycles. The first-order valence-corrected chi connectivity index (χ1v) is 21.7. The molecule has 10 heteroatoms. The Labute approximate surface area is 383 Å². The molecular weight excluding hydrogens is 809 g/mol. The van der Waals surface area contributed by atoms with E-state index < -0.39 is 5.97 Å². The Morgan fingerprint density at radius 2 is 0.800 bits per heavy atom. The average molecular weight is 863 g/mol. The van der Waals surface area contributed by atoms with Gasteiger partial charge in [-0.2, -0.15) is 0 Å². The van der Waals surface area contributed by atoms with Crippen LogP contribution in [0.25, 0.3) is 0 Å². The topological polar surface area (TPSA) is 93.2 Å². The van der Waals surface area contributed by atoms with Crippen LogP contribution in [0, 0.1) is 56.3 Å². The molecule has 10 nitrogen and oxygen atoms in total. The molecule has 0 bridgehead atoms. The smallest absolute Gasteiger partial charge is 0.356 e. The summed E-state index contributed by atoms with van der Waals surface area (Å²) in [6.45, 7) is 12.7. The molecule has 1 fully saturated rings. The number of rotatable bonds is 9. The summed E-state index contributed by atoms with van der Waals surface area (Å²) in [5.74, 6) is 20.9. The van der Waals surface area contributed by atoms with Gasteiger partial charge < -0.3 is 14.2 Å². The fraction of sp³-hybridized carbons (Fsp3) is 0.273. The molecule has 1 aliphatic heterocycles. The van der Waals surface area contributed by atoms with Gasteiger partial charge in [-0.3, -0.25) is 24.7 Å². The number of aromatic nitrogens is 3. The summed E-state index contributed by atoms with van der Waals surface area (Å²) in [7, 11) is 4.66. The Balaban J connectivity index is 1.15. The molecule has 3 aromatic carbocycles. The monoisotopic (exact) mass is 862 g/mol. The fourth-order valence-corrected chi connectivity index (χ4v) is 7.50. The van der Waals surface area contributed by atoms with Crippen LogP contribution in [0.5, 0.6) is 11.5 Å². The van der Waals surface area contributed by atoms with Crippen molar-refractivity contribution in [1.29, 1.82) is 0 Å². The number of benzene rings is 3. The van der Waals surface area contributed by atoms with Crippen molar-refractivity contribution < 1.29 is 19.0 Å². The first kappa shape index (κ1) is 45.8. The SMILES string of the molecule is COC(=O)c1cc(C#Cc2ccc(OC)cc2)cc(CN2CCN(Cc3cc(C#Cc4ccc(C)cc4)cc(C)n3)CCN(Cc3cc(C#Cc4ccc(OC)cc4)cc(C)n3)CC2)n1. The zero-order valence-corrected chi connectivity index (χ0v) is 38.1. The van der Waals surface area contributed by atoms with Gasteiger partial charge in [-0.15, -0.1) is 0 Å². The number of carbonyl (C=O) groups is 1. The maximum Gasteiger partial charge on any atom is 0.356 e. The zero-order chi connectivity index (χ0) is 45.5. The highest BCUT2D eigenvalue weighted by Crippen LogP contribution is 2.17. The van der Waals surface area contributed by atoms with Crippen molar-refractivity contribution >= 4 is 5.97 Å². The molecule has 0 radical (unpaired) electrons. The van der Waals surface area contributed by atoms with Crippen LogP contribution in [0.2, 0.25) is 0 Å². The minimum absolute atomic E-state index is 0.222. The van der Waals surface area contributed by atoms with Gasteiger partial charge in [0, 0.05) is 104 Å². The van der Waals surface area contributed by atoms with Crippen LogP contribution in [-0.2, 0) is 24.4 Å². The van der Waals surface area contributed by atoms with E-state index >= 15 is 0 Å². The highest BCUT2D eigenvalue weighted by atomic mass is 16.5. The third-order valence-electron chi connectivity index (χ3n) is 10.9. The average Bonchev–Trinajstić information content (AvgIpc) is 3.40. The maximum absolute atomic E-state index is 12.9. The summed E-state index contributed by atoms with van der Waals surface area (Å²) < 4.78 is 15.7. The summed E-state index contributed by atoms with van der Waals surface area (Å²) in [4.78, 5) is 34.9. The highest BCUT2D eigenvalue weighted by molar-refractivity contribution is 5.87. The van der Waals surface area contributed by atoms with Crippen LogP contribution >= 0.6 is 0 Å². The number of methoxy groups -OCH3 is 3. The standard InChI is InChI=1S/C55H54N6O4/c1-40-7-9-43(10-8-40)11-14-46-31-41(2)56-49(33-46)37-59-25-26-60(38-50-34-47(32-42(3)57-50)15-12-44-17-21-52(63-4)22-18-44)28-30-61(29-27-59)39-51-35-48(36-54(58-51)55(62)65-6)16-13-45-19-23-53(64-5)24-20-45/h7-10,17-24,31-36H,25-30,37-39H2,1-6H3. The lowest BCUT2D eigenvalue weighted by molar-refractivity contribution is 0.0593. The molecule has 1 aliphatic rings. The molecule has 1 saturated heterocycles. The van der Waals surface area contributed by atoms with Gasteiger partial charge in [0.1, 0.15) is 17.2 Å². The molecular formula is C55H54N6O4. The molecule has 0 saturated carbocycles. The van der Waals surface area contributed by atoms with Crippen molar-refractivity contribution in [2.75, 3.05) is 60.6 Å². The van der Waals surface area contributed by atoms with Gasteiger partial charge >= 0.3 is 5.97 Å². The van der Waals surface area contributed by atoms with E-state index in [1.807, 2.05) is 80.6 Å². The Morgan fingerprint density at radius 3 is 1.17 bits per heavy atom. The number of hydrogen-bond donors (Lipinski definition) is 0. The minimum Gasteiger partial charge on any atom is -0.497 e. The van der Waals surface area contributed by atoms with E-state index in [9.17, 15) is 4.79 Å². The summed E-state index contributed by atoms with van der Waals surface area (Å²) in [6, 6.07) is 35.5. The van der Waals surface area contributed by atoms with Crippen molar-refractivity contribution in [3.63, 3.8) is 0 Å². The fourth-order valence-electron chi connectivity index (χ4n) is 7.50. The summed E-state index contributed by atoms with van der Waals surface area (Å²) >= 11 is 0. The zero-order valence-electron chi connectivity index (χ0n) is 38.1. The molecule has 0 amide bonds. The molecule has 65 heavy (non-hydrogen) atoms. The Bertz CT molecular complexity index is 2790. The largest absolute Gasteiger partial charge is 0.497 e. The lowest BCUT2D eigenvalue weighted by Gasteiger charge is -2.25. The molecule has 328 valence electrons. The number of nitrogens with zero attached hydrogens (tertiary/aromatic N) is 6. The molecule has 7 rings (SSSR count). The first-order valence-electron chi connectivity index (χ1n) is 21.7. The van der Waals surface area contributed by atoms with E-state index in [0.717, 1.165) is 107 Å². The second-order valence-electron chi connectivity index (χ2n) is 16.1. The van der Waals surface area contributed by atoms with Gasteiger partial charge in [0.25, 0.3) is 0 Å². The normalized spacial score (nSPS) is 13.3. The van der Waals surface area contributed by atoms with Crippen LogP contribution in [0.4, 0.5) is 0 Å². The molecule has 4 heterocycles. The summed E-state index contributed by atoms with van der Waals surface area (Å²) in [5.41, 5.74) is 11.2. The maximum atomic E-state index is 12.9. The van der Waals surface area contributed by atoms with Gasteiger partial charge in [0.05, 0.1) is 38.4 Å². The van der Waals surface area contributed by atoms with Crippen molar-refractivity contribution in [2.45, 2.75) is 40.4 Å². The Hall–Kier alpha value is -7.26. The van der Waals surface area contributed by atoms with Gasteiger partial charge in [-0.05, 0) is 118 Å². The number of aryl methyl sites for hydroxylation is 3. The molecule has 0 atom stereocenters. The Morgan fingerprint density at radius 1 is 0.462 bits per heavy atom. The van der Waals surface area contributed by atoms with Crippen molar-refractivity contribution in [3.05, 3.63) is 182 Å². The van der Waals surface area contributed by atoms with E-state index in [4.69, 9.17) is 29.2 Å². The number of pyridine rings is 3. The Kier molecular flexibility index (Phi) is 15.8. The number of carbonyl (C=O) groups excluding carboxylic acids is 1. The van der Waals surface area contributed by atoms with Crippen LogP contribution < -0.4 is 9.47 Å². The minimum atomic E-state index is -0.506. The first-order chi connectivity index (χ1) is 31.6. The van der Waals surface area contributed by atoms with Crippen molar-refractivity contribution in [2.24, 2.45) is 0 Å². The summed E-state index contributed by atoms with van der Waals surface area (Å²) in [6.07, 6.45) is 0. The second kappa shape index (κ2) is 22.4. The lowest BCUT2D eigenvalue weighted by atomic mass is 10.1. The van der Waals surface area contributed by atoms with E-state index in [0.29, 0.717) is 25.2 Å². The lowest BCUT2D eigenvalue weighted by Crippen LogP contribution is -2.36. The predicted molar refractivity (Wildman–Crippen MR) is 254 cm³/mol. The van der Waals surface area contributed by atoms with E-state index in [-0.39, 0.29) is 5.69 Å².